The average Bonchev–Trinajstić information content (AvgIpc) is 2.94. The molecule has 0 amide bonds. The molecule has 1 saturated heterocycles. The molecule has 3 aromatic rings. The molecule has 0 saturated carbocycles. The van der Waals surface area contributed by atoms with Crippen LogP contribution in [-0.4, -0.2) is 45.1 Å². The number of benzene rings is 3. The van der Waals surface area contributed by atoms with Gasteiger partial charge in [-0.05, 0) is 74.2 Å². The van der Waals surface area contributed by atoms with Crippen LogP contribution in [0.15, 0.2) is 90.1 Å². The highest BCUT2D eigenvalue weighted by Gasteiger charge is 2.21. The van der Waals surface area contributed by atoms with E-state index in [-0.39, 0.29) is 0 Å². The van der Waals surface area contributed by atoms with Gasteiger partial charge in [0.2, 0.25) is 0 Å². The van der Waals surface area contributed by atoms with Crippen molar-refractivity contribution in [3.8, 4) is 17.1 Å². The van der Waals surface area contributed by atoms with E-state index in [1.165, 1.54) is 0 Å². The quantitative estimate of drug-likeness (QED) is 0.258. The van der Waals surface area contributed by atoms with Crippen LogP contribution < -0.4 is 10.7 Å². The summed E-state index contributed by atoms with van der Waals surface area (Å²) >= 11 is 0. The Morgan fingerprint density at radius 2 is 1.72 bits per heavy atom. The molecule has 0 atom stereocenters. The van der Waals surface area contributed by atoms with E-state index < -0.39 is 0 Å². The van der Waals surface area contributed by atoms with E-state index in [0.29, 0.717) is 12.0 Å². The van der Waals surface area contributed by atoms with Gasteiger partial charge in [-0.3, -0.25) is 9.98 Å². The Bertz CT molecular complexity index is 1600. The van der Waals surface area contributed by atoms with Crippen molar-refractivity contribution in [2.75, 3.05) is 25.0 Å². The third kappa shape index (κ3) is 5.57. The number of nitrogens with zero attached hydrogens (tertiary/aromatic N) is 5. The SMILES string of the molecule is Cc1ccc(Nc2cc3nc4ccccc4n(-c4ccccc4)c-3c/c2=N\C2CCN(CC(C)C)CC2)cn1. The number of anilines is 2. The van der Waals surface area contributed by atoms with Crippen molar-refractivity contribution in [1.82, 2.24) is 19.4 Å². The maximum atomic E-state index is 5.36. The number of hydrogen-bond donors (Lipinski definition) is 1. The van der Waals surface area contributed by atoms with Gasteiger partial charge in [-0.25, -0.2) is 4.98 Å². The summed E-state index contributed by atoms with van der Waals surface area (Å²) in [5.74, 6) is 0.689. The highest BCUT2D eigenvalue weighted by atomic mass is 15.1. The zero-order valence-electron chi connectivity index (χ0n) is 23.0. The monoisotopic (exact) mass is 516 g/mol. The van der Waals surface area contributed by atoms with Gasteiger partial charge in [-0.1, -0.05) is 44.2 Å². The van der Waals surface area contributed by atoms with Crippen LogP contribution in [0.4, 0.5) is 11.4 Å². The fourth-order valence-electron chi connectivity index (χ4n) is 5.55. The van der Waals surface area contributed by atoms with E-state index in [2.05, 4.69) is 100 Å². The second-order valence-corrected chi connectivity index (χ2v) is 11.0. The van der Waals surface area contributed by atoms with Crippen molar-refractivity contribution in [2.24, 2.45) is 10.9 Å². The van der Waals surface area contributed by atoms with Crippen LogP contribution >= 0.6 is 0 Å². The first-order chi connectivity index (χ1) is 19.0. The first kappa shape index (κ1) is 25.3. The molecule has 1 aromatic heterocycles. The van der Waals surface area contributed by atoms with Crippen LogP contribution in [-0.2, 0) is 0 Å². The van der Waals surface area contributed by atoms with Crippen LogP contribution in [0, 0.1) is 12.8 Å². The predicted molar refractivity (Wildman–Crippen MR) is 160 cm³/mol. The van der Waals surface area contributed by atoms with E-state index in [9.17, 15) is 0 Å². The Hall–Kier alpha value is -4.03. The largest absolute Gasteiger partial charge is 0.352 e. The van der Waals surface area contributed by atoms with E-state index >= 15 is 0 Å². The summed E-state index contributed by atoms with van der Waals surface area (Å²) in [5, 5.41) is 4.57. The lowest BCUT2D eigenvalue weighted by atomic mass is 10.0. The zero-order chi connectivity index (χ0) is 26.8. The van der Waals surface area contributed by atoms with E-state index in [1.807, 2.05) is 25.3 Å². The summed E-state index contributed by atoms with van der Waals surface area (Å²) in [6.45, 7) is 9.95. The topological polar surface area (TPSA) is 58.3 Å². The second-order valence-electron chi connectivity index (χ2n) is 11.0. The van der Waals surface area contributed by atoms with E-state index in [1.54, 1.807) is 0 Å². The predicted octanol–water partition coefficient (Wildman–Crippen LogP) is 6.60. The van der Waals surface area contributed by atoms with Gasteiger partial charge in [0.25, 0.3) is 0 Å². The maximum Gasteiger partial charge on any atom is 0.0900 e. The van der Waals surface area contributed by atoms with Gasteiger partial charge in [0.1, 0.15) is 0 Å². The van der Waals surface area contributed by atoms with Gasteiger partial charge in [-0.2, -0.15) is 0 Å². The second kappa shape index (κ2) is 11.0. The van der Waals surface area contributed by atoms with Crippen LogP contribution in [0.3, 0.4) is 0 Å². The summed E-state index contributed by atoms with van der Waals surface area (Å²) in [5.41, 5.74) is 8.01. The number of pyridine rings is 1. The Kier molecular flexibility index (Phi) is 7.12. The molecule has 3 aliphatic rings. The van der Waals surface area contributed by atoms with Gasteiger partial charge in [0.15, 0.2) is 0 Å². The molecule has 6 rings (SSSR count). The fraction of sp³-hybridized carbons (Fsp3) is 0.303. The Morgan fingerprint density at radius 3 is 2.46 bits per heavy atom. The Labute approximate surface area is 230 Å². The molecule has 6 nitrogen and oxygen atoms in total. The molecular formula is C33H36N6. The lowest BCUT2D eigenvalue weighted by Crippen LogP contribution is -2.38. The molecule has 39 heavy (non-hydrogen) atoms. The summed E-state index contributed by atoms with van der Waals surface area (Å²) in [4.78, 5) is 17.5. The standard InChI is InChI=1S/C33H36N6/c1-23(2)22-38-17-15-25(16-18-38)35-30-20-33-31(19-29(30)36-26-14-13-24(3)34-21-26)37-28-11-7-8-12-32(28)39(33)27-9-5-4-6-10-27/h4-14,19-21,23,25,36H,15-18,22H2,1-3H3/b35-30+. The molecule has 1 fully saturated rings. The van der Waals surface area contributed by atoms with Crippen LogP contribution in [0.2, 0.25) is 0 Å². The van der Waals surface area contributed by atoms with Crippen molar-refractivity contribution in [3.05, 3.63) is 96.1 Å². The molecular weight excluding hydrogens is 480 g/mol. The van der Waals surface area contributed by atoms with E-state index in [0.717, 1.165) is 83.0 Å². The number of aromatic nitrogens is 3. The number of rotatable bonds is 6. The normalized spacial score (nSPS) is 15.4. The van der Waals surface area contributed by atoms with Crippen molar-refractivity contribution < 1.29 is 0 Å². The summed E-state index contributed by atoms with van der Waals surface area (Å²) in [6.07, 6.45) is 4.03. The number of piperidine rings is 1. The molecule has 6 heteroatoms. The Balaban J connectivity index is 1.51. The smallest absolute Gasteiger partial charge is 0.0900 e. The summed E-state index contributed by atoms with van der Waals surface area (Å²) in [6, 6.07) is 27.6. The zero-order valence-corrected chi connectivity index (χ0v) is 23.0. The van der Waals surface area contributed by atoms with E-state index in [4.69, 9.17) is 9.98 Å². The first-order valence-electron chi connectivity index (χ1n) is 14.0. The van der Waals surface area contributed by atoms with Gasteiger partial charge in [0.05, 0.1) is 51.4 Å². The molecule has 0 unspecified atom stereocenters. The minimum absolute atomic E-state index is 0.293. The molecule has 0 spiro atoms. The fourth-order valence-corrected chi connectivity index (χ4v) is 5.55. The summed E-state index contributed by atoms with van der Waals surface area (Å²) < 4.78 is 2.30. The van der Waals surface area contributed by atoms with Crippen molar-refractivity contribution in [2.45, 2.75) is 39.7 Å². The molecule has 0 bridgehead atoms. The number of hydrogen-bond acceptors (Lipinski definition) is 5. The molecule has 3 heterocycles. The van der Waals surface area contributed by atoms with Gasteiger partial charge in [0, 0.05) is 31.0 Å². The first-order valence-corrected chi connectivity index (χ1v) is 14.0. The molecule has 2 aliphatic heterocycles. The van der Waals surface area contributed by atoms with Crippen LogP contribution in [0.5, 0.6) is 0 Å². The Morgan fingerprint density at radius 1 is 0.949 bits per heavy atom. The molecule has 198 valence electrons. The molecule has 1 N–H and O–H groups in total. The van der Waals surface area contributed by atoms with Crippen molar-refractivity contribution in [3.63, 3.8) is 0 Å². The van der Waals surface area contributed by atoms with Crippen molar-refractivity contribution >= 4 is 22.4 Å². The average molecular weight is 517 g/mol. The molecule has 1 aliphatic carbocycles. The third-order valence-electron chi connectivity index (χ3n) is 7.40. The van der Waals surface area contributed by atoms with Gasteiger partial charge < -0.3 is 14.8 Å². The number of nitrogens with one attached hydrogen (secondary N) is 1. The van der Waals surface area contributed by atoms with Crippen LogP contribution in [0.1, 0.15) is 32.4 Å². The van der Waals surface area contributed by atoms with Crippen LogP contribution in [0.25, 0.3) is 28.1 Å². The maximum absolute atomic E-state index is 5.36. The number of aryl methyl sites for hydroxylation is 1. The minimum Gasteiger partial charge on any atom is -0.352 e. The molecule has 0 radical (unpaired) electrons. The van der Waals surface area contributed by atoms with Crippen molar-refractivity contribution in [1.29, 1.82) is 0 Å². The lowest BCUT2D eigenvalue weighted by Gasteiger charge is -2.31. The summed E-state index contributed by atoms with van der Waals surface area (Å²) in [7, 11) is 0. The van der Waals surface area contributed by atoms with Gasteiger partial charge in [-0.15, -0.1) is 0 Å². The number of para-hydroxylation sites is 3. The minimum atomic E-state index is 0.293. The highest BCUT2D eigenvalue weighted by molar-refractivity contribution is 5.84. The third-order valence-corrected chi connectivity index (χ3v) is 7.40. The number of fused-ring (bicyclic) bond motifs is 2. The highest BCUT2D eigenvalue weighted by Crippen LogP contribution is 2.30. The molecule has 2 aromatic carbocycles. The number of likely N-dealkylation sites (tertiary alicyclic amines) is 1. The van der Waals surface area contributed by atoms with Gasteiger partial charge >= 0.3 is 0 Å². The lowest BCUT2D eigenvalue weighted by molar-refractivity contribution is 0.192.